The van der Waals surface area contributed by atoms with Crippen LogP contribution < -0.4 is 11.3 Å². The van der Waals surface area contributed by atoms with Crippen molar-refractivity contribution in [2.24, 2.45) is 15.9 Å². The van der Waals surface area contributed by atoms with Crippen LogP contribution >= 0.6 is 0 Å². The minimum absolute atomic E-state index is 0.0660. The Balaban J connectivity index is 2.45. The van der Waals surface area contributed by atoms with Crippen LogP contribution in [0.1, 0.15) is 24.7 Å². The fourth-order valence-corrected chi connectivity index (χ4v) is 2.12. The van der Waals surface area contributed by atoms with E-state index in [-0.39, 0.29) is 35.9 Å². The smallest absolute Gasteiger partial charge is 0.291 e. The molecule has 0 saturated carbocycles. The van der Waals surface area contributed by atoms with Crippen LogP contribution in [0.2, 0.25) is 0 Å². The molecule has 0 atom stereocenters. The van der Waals surface area contributed by atoms with E-state index in [1.165, 1.54) is 18.2 Å². The number of hydrogen-bond acceptors (Lipinski definition) is 7. The second-order valence-corrected chi connectivity index (χ2v) is 5.34. The first-order valence-electron chi connectivity index (χ1n) is 7.82. The number of aromatic nitrogens is 2. The van der Waals surface area contributed by atoms with E-state index in [2.05, 4.69) is 20.1 Å². The summed E-state index contributed by atoms with van der Waals surface area (Å²) in [6.07, 6.45) is 1.49. The van der Waals surface area contributed by atoms with Gasteiger partial charge in [0.1, 0.15) is 11.5 Å². The topological polar surface area (TPSA) is 137 Å². The number of hydrogen-bond donors (Lipinski definition) is 4. The second kappa shape index (κ2) is 8.70. The van der Waals surface area contributed by atoms with E-state index in [1.54, 1.807) is 19.1 Å². The molecule has 8 nitrogen and oxygen atoms in total. The first-order valence-corrected chi connectivity index (χ1v) is 7.82. The van der Waals surface area contributed by atoms with Crippen LogP contribution in [0.15, 0.2) is 45.3 Å². The van der Waals surface area contributed by atoms with Crippen molar-refractivity contribution < 1.29 is 19.1 Å². The largest absolute Gasteiger partial charge is 0.491 e. The number of nitrogens with two attached hydrogens (primary N) is 1. The highest BCUT2D eigenvalue weighted by molar-refractivity contribution is 6.47. The van der Waals surface area contributed by atoms with Gasteiger partial charge in [0.15, 0.2) is 5.82 Å². The maximum absolute atomic E-state index is 13.8. The van der Waals surface area contributed by atoms with Crippen LogP contribution in [0, 0.1) is 11.6 Å². The van der Waals surface area contributed by atoms with Crippen molar-refractivity contribution in [3.63, 3.8) is 0 Å². The van der Waals surface area contributed by atoms with Crippen molar-refractivity contribution >= 4 is 17.1 Å². The van der Waals surface area contributed by atoms with Gasteiger partial charge in [-0.25, -0.2) is 4.39 Å². The Morgan fingerprint density at radius 2 is 2.07 bits per heavy atom. The van der Waals surface area contributed by atoms with Crippen molar-refractivity contribution in [3.05, 3.63) is 63.7 Å². The molecule has 27 heavy (non-hydrogen) atoms. The third-order valence-corrected chi connectivity index (χ3v) is 3.54. The van der Waals surface area contributed by atoms with Gasteiger partial charge < -0.3 is 21.0 Å². The molecule has 0 saturated heterocycles. The summed E-state index contributed by atoms with van der Waals surface area (Å²) in [6.45, 7) is 1.63. The average Bonchev–Trinajstić information content (AvgIpc) is 2.65. The minimum Gasteiger partial charge on any atom is -0.491 e. The van der Waals surface area contributed by atoms with Crippen LogP contribution in [-0.4, -0.2) is 31.7 Å². The van der Waals surface area contributed by atoms with Gasteiger partial charge in [-0.05, 0) is 18.6 Å². The van der Waals surface area contributed by atoms with E-state index in [1.807, 2.05) is 0 Å². The normalized spacial score (nSPS) is 13.1. The molecule has 1 aromatic carbocycles. The van der Waals surface area contributed by atoms with Crippen LogP contribution in [0.5, 0.6) is 5.88 Å². The Labute approximate surface area is 152 Å². The number of aliphatic imine (C=N–C) groups is 1. The third-order valence-electron chi connectivity index (χ3n) is 3.54. The van der Waals surface area contributed by atoms with Crippen LogP contribution in [-0.2, 0) is 6.54 Å². The van der Waals surface area contributed by atoms with Gasteiger partial charge in [0.25, 0.3) is 11.4 Å². The van der Waals surface area contributed by atoms with E-state index in [0.717, 1.165) is 0 Å². The lowest BCUT2D eigenvalue weighted by Crippen LogP contribution is -2.19. The maximum Gasteiger partial charge on any atom is 0.291 e. The zero-order valence-corrected chi connectivity index (χ0v) is 14.3. The Bertz CT molecular complexity index is 983. The van der Waals surface area contributed by atoms with E-state index in [4.69, 9.17) is 10.9 Å². The number of aromatic hydroxyl groups is 1. The van der Waals surface area contributed by atoms with E-state index in [0.29, 0.717) is 5.56 Å². The van der Waals surface area contributed by atoms with Gasteiger partial charge in [0, 0.05) is 5.56 Å². The van der Waals surface area contributed by atoms with Crippen molar-refractivity contribution in [1.82, 2.24) is 9.97 Å². The molecule has 0 amide bonds. The molecule has 0 unspecified atom stereocenters. The number of halogens is 2. The van der Waals surface area contributed by atoms with E-state index < -0.39 is 23.1 Å². The lowest BCUT2D eigenvalue weighted by molar-refractivity contribution is 0.319. The fourth-order valence-electron chi connectivity index (χ4n) is 2.12. The monoisotopic (exact) mass is 377 g/mol. The number of nitrogens with one attached hydrogen (secondary N) is 1. The molecule has 1 aromatic heterocycles. The van der Waals surface area contributed by atoms with Crippen molar-refractivity contribution in [2.45, 2.75) is 19.9 Å². The lowest BCUT2D eigenvalue weighted by Gasteiger charge is -2.06. The number of oxime groups is 1. The molecule has 10 heteroatoms. The van der Waals surface area contributed by atoms with Gasteiger partial charge in [-0.1, -0.05) is 30.3 Å². The van der Waals surface area contributed by atoms with Gasteiger partial charge in [-0.3, -0.25) is 9.79 Å². The van der Waals surface area contributed by atoms with Gasteiger partial charge in [-0.2, -0.15) is 9.37 Å². The third kappa shape index (κ3) is 4.75. The summed E-state index contributed by atoms with van der Waals surface area (Å²) in [6, 6.07) is 6.01. The Hall–Kier alpha value is -3.56. The SMILES string of the molecule is CC/C(=N\O)C(/C=C(\N)c1nc(O)c(F)c(=O)[nH]1)=NCc1ccccc1F. The van der Waals surface area contributed by atoms with Crippen molar-refractivity contribution in [3.8, 4) is 5.88 Å². The summed E-state index contributed by atoms with van der Waals surface area (Å²) < 4.78 is 26.9. The first-order chi connectivity index (χ1) is 12.9. The second-order valence-electron chi connectivity index (χ2n) is 5.34. The van der Waals surface area contributed by atoms with Crippen LogP contribution in [0.4, 0.5) is 8.78 Å². The van der Waals surface area contributed by atoms with Gasteiger partial charge in [-0.15, -0.1) is 0 Å². The molecule has 0 fully saturated rings. The highest BCUT2D eigenvalue weighted by Gasteiger charge is 2.13. The molecule has 1 heterocycles. The summed E-state index contributed by atoms with van der Waals surface area (Å²) in [7, 11) is 0. The number of rotatable bonds is 6. The molecule has 2 aromatic rings. The zero-order valence-electron chi connectivity index (χ0n) is 14.3. The lowest BCUT2D eigenvalue weighted by atomic mass is 10.1. The fraction of sp³-hybridized carbons (Fsp3) is 0.176. The number of aromatic amines is 1. The molecule has 142 valence electrons. The summed E-state index contributed by atoms with van der Waals surface area (Å²) in [5.41, 5.74) is 5.01. The number of benzene rings is 1. The number of nitrogens with zero attached hydrogens (tertiary/aromatic N) is 3. The van der Waals surface area contributed by atoms with Gasteiger partial charge in [0.05, 0.1) is 18.0 Å². The molecule has 0 aliphatic heterocycles. The highest BCUT2D eigenvalue weighted by atomic mass is 19.1. The molecule has 0 spiro atoms. The average molecular weight is 377 g/mol. The standard InChI is InChI=1S/C17H17F2N5O3/c1-2-12(24-27)13(21-8-9-5-3-4-6-10(9)18)7-11(20)15-22-16(25)14(19)17(26)23-15/h3-7,27H,2,8,20H2,1H3,(H2,22,23,25,26)/b11-7-,21-13?,24-12+. The molecule has 0 aliphatic rings. The predicted octanol–water partition coefficient (Wildman–Crippen LogP) is 1.93. The summed E-state index contributed by atoms with van der Waals surface area (Å²) in [5, 5.41) is 21.6. The van der Waals surface area contributed by atoms with Crippen LogP contribution in [0.3, 0.4) is 0 Å². The van der Waals surface area contributed by atoms with Gasteiger partial charge >= 0.3 is 0 Å². The Kier molecular flexibility index (Phi) is 6.36. The van der Waals surface area contributed by atoms with Crippen molar-refractivity contribution in [2.75, 3.05) is 0 Å². The minimum atomic E-state index is -1.44. The summed E-state index contributed by atoms with van der Waals surface area (Å²) >= 11 is 0. The summed E-state index contributed by atoms with van der Waals surface area (Å²) in [4.78, 5) is 21.1. The van der Waals surface area contributed by atoms with E-state index in [9.17, 15) is 18.7 Å². The summed E-state index contributed by atoms with van der Waals surface area (Å²) in [5.74, 6) is -3.30. The predicted molar refractivity (Wildman–Crippen MR) is 95.7 cm³/mol. The molecular formula is C17H17F2N5O3. The molecule has 0 aliphatic carbocycles. The molecule has 0 bridgehead atoms. The molecular weight excluding hydrogens is 360 g/mol. The molecule has 0 radical (unpaired) electrons. The van der Waals surface area contributed by atoms with Gasteiger partial charge in [0.2, 0.25) is 5.82 Å². The Morgan fingerprint density at radius 1 is 1.37 bits per heavy atom. The Morgan fingerprint density at radius 3 is 2.67 bits per heavy atom. The molecule has 2 rings (SSSR count). The maximum atomic E-state index is 13.8. The number of H-pyrrole nitrogens is 1. The number of allylic oxidation sites excluding steroid dienone is 1. The van der Waals surface area contributed by atoms with Crippen molar-refractivity contribution in [1.29, 1.82) is 0 Å². The zero-order chi connectivity index (χ0) is 20.0. The quantitative estimate of drug-likeness (QED) is 0.346. The first kappa shape index (κ1) is 19.8. The molecule has 5 N–H and O–H groups in total. The highest BCUT2D eigenvalue weighted by Crippen LogP contribution is 2.12. The van der Waals surface area contributed by atoms with Crippen LogP contribution in [0.25, 0.3) is 5.70 Å². The van der Waals surface area contributed by atoms with E-state index >= 15 is 0 Å².